The second-order valence-electron chi connectivity index (χ2n) is 6.64. The minimum absolute atomic E-state index is 0. The highest BCUT2D eigenvalue weighted by molar-refractivity contribution is 5.44. The lowest BCUT2D eigenvalue weighted by Gasteiger charge is -2.24. The zero-order valence-corrected chi connectivity index (χ0v) is 16.1. The van der Waals surface area contributed by atoms with Crippen LogP contribution < -0.4 is 12.4 Å². The van der Waals surface area contributed by atoms with Gasteiger partial charge in [-0.1, -0.05) is 72.8 Å². The molecule has 136 valence electrons. The summed E-state index contributed by atoms with van der Waals surface area (Å²) in [6.07, 6.45) is 0. The van der Waals surface area contributed by atoms with E-state index in [-0.39, 0.29) is 12.4 Å². The number of phenolic OH excluding ortho intramolecular Hbond substituents is 1. The van der Waals surface area contributed by atoms with E-state index < -0.39 is 0 Å². The number of benzene rings is 3. The van der Waals surface area contributed by atoms with Crippen molar-refractivity contribution in [2.45, 2.75) is 33.5 Å². The molecule has 0 unspecified atom stereocenters. The van der Waals surface area contributed by atoms with Crippen molar-refractivity contribution >= 4 is 0 Å². The van der Waals surface area contributed by atoms with Crippen molar-refractivity contribution in [3.63, 3.8) is 0 Å². The number of halogens is 1. The number of rotatable bonds is 6. The Morgan fingerprint density at radius 2 is 1.12 bits per heavy atom. The van der Waals surface area contributed by atoms with Crippen LogP contribution in [0, 0.1) is 13.8 Å². The molecular formula is C23H25ClNO-. The third-order valence-corrected chi connectivity index (χ3v) is 4.60. The highest BCUT2D eigenvalue weighted by Gasteiger charge is 2.14. The summed E-state index contributed by atoms with van der Waals surface area (Å²) in [7, 11) is 0. The molecule has 0 saturated heterocycles. The Bertz CT molecular complexity index is 777. The van der Waals surface area contributed by atoms with E-state index in [2.05, 4.69) is 66.4 Å². The van der Waals surface area contributed by atoms with E-state index in [0.29, 0.717) is 5.75 Å². The molecule has 0 heterocycles. The summed E-state index contributed by atoms with van der Waals surface area (Å²) in [5, 5.41) is 10.5. The first-order valence-electron chi connectivity index (χ1n) is 8.72. The predicted molar refractivity (Wildman–Crippen MR) is 103 cm³/mol. The molecule has 26 heavy (non-hydrogen) atoms. The molecule has 0 aliphatic carbocycles. The van der Waals surface area contributed by atoms with Gasteiger partial charge < -0.3 is 17.5 Å². The number of aryl methyl sites for hydroxylation is 2. The van der Waals surface area contributed by atoms with Gasteiger partial charge in [-0.2, -0.15) is 0 Å². The smallest absolute Gasteiger partial charge is 0.123 e. The number of aromatic hydroxyl groups is 1. The molecule has 3 rings (SSSR count). The van der Waals surface area contributed by atoms with E-state index in [9.17, 15) is 5.11 Å². The Morgan fingerprint density at radius 3 is 1.62 bits per heavy atom. The largest absolute Gasteiger partial charge is 1.00 e. The standard InChI is InChI=1S/C23H25NO.ClH/c1-18-13-14-19(2)23(25)22(18)17-24(15-20-9-5-3-6-10-20)16-21-11-7-4-8-12-21;/h3-14,25H,15-17H2,1-2H3;1H/p-1. The summed E-state index contributed by atoms with van der Waals surface area (Å²) in [5.41, 5.74) is 5.65. The van der Waals surface area contributed by atoms with Crippen molar-refractivity contribution in [1.82, 2.24) is 4.90 Å². The monoisotopic (exact) mass is 366 g/mol. The van der Waals surface area contributed by atoms with E-state index in [1.807, 2.05) is 25.1 Å². The van der Waals surface area contributed by atoms with Gasteiger partial charge in [0.2, 0.25) is 0 Å². The van der Waals surface area contributed by atoms with Gasteiger partial charge in [-0.05, 0) is 36.1 Å². The minimum atomic E-state index is 0. The van der Waals surface area contributed by atoms with Crippen LogP contribution in [0.3, 0.4) is 0 Å². The summed E-state index contributed by atoms with van der Waals surface area (Å²) in [5.74, 6) is 0.422. The molecule has 0 aliphatic rings. The zero-order valence-electron chi connectivity index (χ0n) is 15.3. The third-order valence-electron chi connectivity index (χ3n) is 4.60. The van der Waals surface area contributed by atoms with Crippen LogP contribution in [0.5, 0.6) is 5.75 Å². The molecule has 0 saturated carbocycles. The molecule has 0 aliphatic heterocycles. The van der Waals surface area contributed by atoms with E-state index in [1.165, 1.54) is 11.1 Å². The summed E-state index contributed by atoms with van der Waals surface area (Å²) >= 11 is 0. The van der Waals surface area contributed by atoms with Crippen molar-refractivity contribution in [1.29, 1.82) is 0 Å². The Hall–Kier alpha value is -2.29. The topological polar surface area (TPSA) is 23.5 Å². The number of phenols is 1. The van der Waals surface area contributed by atoms with Gasteiger partial charge in [-0.25, -0.2) is 0 Å². The van der Waals surface area contributed by atoms with Crippen LogP contribution in [0.2, 0.25) is 0 Å². The average molecular weight is 367 g/mol. The van der Waals surface area contributed by atoms with Crippen molar-refractivity contribution in [3.8, 4) is 5.75 Å². The Kier molecular flexibility index (Phi) is 7.26. The van der Waals surface area contributed by atoms with Gasteiger partial charge in [0.15, 0.2) is 0 Å². The predicted octanol–water partition coefficient (Wildman–Crippen LogP) is 2.22. The lowest BCUT2D eigenvalue weighted by Crippen LogP contribution is -3.00. The maximum absolute atomic E-state index is 10.5. The molecule has 2 nitrogen and oxygen atoms in total. The average Bonchev–Trinajstić information content (AvgIpc) is 2.63. The van der Waals surface area contributed by atoms with Crippen LogP contribution >= 0.6 is 0 Å². The Balaban J connectivity index is 0.00000243. The first-order valence-corrected chi connectivity index (χ1v) is 8.72. The Morgan fingerprint density at radius 1 is 0.654 bits per heavy atom. The van der Waals surface area contributed by atoms with Crippen LogP contribution in [0.15, 0.2) is 72.8 Å². The SMILES string of the molecule is Cc1ccc(C)c(CN(Cc2ccccc2)Cc2ccccc2)c1O.[Cl-]. The third kappa shape index (κ3) is 5.10. The summed E-state index contributed by atoms with van der Waals surface area (Å²) < 4.78 is 0. The molecule has 0 aromatic heterocycles. The molecular weight excluding hydrogens is 342 g/mol. The maximum Gasteiger partial charge on any atom is 0.123 e. The van der Waals surface area contributed by atoms with Crippen LogP contribution in [0.25, 0.3) is 0 Å². The van der Waals surface area contributed by atoms with Crippen molar-refractivity contribution in [2.24, 2.45) is 0 Å². The molecule has 3 aromatic rings. The fourth-order valence-corrected chi connectivity index (χ4v) is 3.13. The van der Waals surface area contributed by atoms with E-state index in [1.54, 1.807) is 0 Å². The van der Waals surface area contributed by atoms with Crippen molar-refractivity contribution < 1.29 is 17.5 Å². The molecule has 0 amide bonds. The van der Waals surface area contributed by atoms with Crippen LogP contribution in [-0.4, -0.2) is 10.0 Å². The fourth-order valence-electron chi connectivity index (χ4n) is 3.13. The van der Waals surface area contributed by atoms with Crippen molar-refractivity contribution in [2.75, 3.05) is 0 Å². The molecule has 3 heteroatoms. The van der Waals surface area contributed by atoms with Gasteiger partial charge in [0.1, 0.15) is 5.75 Å². The number of hydrogen-bond acceptors (Lipinski definition) is 2. The van der Waals surface area contributed by atoms with E-state index in [4.69, 9.17) is 0 Å². The second-order valence-corrected chi connectivity index (χ2v) is 6.64. The lowest BCUT2D eigenvalue weighted by atomic mass is 10.0. The lowest BCUT2D eigenvalue weighted by molar-refractivity contribution is -0.00000617. The summed E-state index contributed by atoms with van der Waals surface area (Å²) in [6.45, 7) is 6.45. The molecule has 0 radical (unpaired) electrons. The van der Waals surface area contributed by atoms with Gasteiger partial charge in [-0.3, -0.25) is 4.90 Å². The van der Waals surface area contributed by atoms with Gasteiger partial charge in [0.05, 0.1) is 0 Å². The van der Waals surface area contributed by atoms with Gasteiger partial charge in [0.25, 0.3) is 0 Å². The van der Waals surface area contributed by atoms with Gasteiger partial charge in [0, 0.05) is 25.2 Å². The van der Waals surface area contributed by atoms with Crippen molar-refractivity contribution in [3.05, 3.63) is 101 Å². The number of nitrogens with zero attached hydrogens (tertiary/aromatic N) is 1. The van der Waals surface area contributed by atoms with Gasteiger partial charge >= 0.3 is 0 Å². The normalized spacial score (nSPS) is 10.6. The Labute approximate surface area is 162 Å². The van der Waals surface area contributed by atoms with Crippen LogP contribution in [-0.2, 0) is 19.6 Å². The molecule has 0 fully saturated rings. The van der Waals surface area contributed by atoms with E-state index >= 15 is 0 Å². The zero-order chi connectivity index (χ0) is 17.6. The first kappa shape index (κ1) is 20.0. The highest BCUT2D eigenvalue weighted by Crippen LogP contribution is 2.27. The molecule has 3 aromatic carbocycles. The quantitative estimate of drug-likeness (QED) is 0.723. The molecule has 0 spiro atoms. The maximum atomic E-state index is 10.5. The molecule has 0 atom stereocenters. The van der Waals surface area contributed by atoms with E-state index in [0.717, 1.165) is 36.3 Å². The summed E-state index contributed by atoms with van der Waals surface area (Å²) in [4.78, 5) is 2.38. The van der Waals surface area contributed by atoms with Gasteiger partial charge in [-0.15, -0.1) is 0 Å². The number of hydrogen-bond donors (Lipinski definition) is 1. The molecule has 1 N–H and O–H groups in total. The fraction of sp³-hybridized carbons (Fsp3) is 0.217. The molecule has 0 bridgehead atoms. The van der Waals surface area contributed by atoms with Crippen LogP contribution in [0.4, 0.5) is 0 Å². The second kappa shape index (κ2) is 9.42. The highest BCUT2D eigenvalue weighted by atomic mass is 35.5. The van der Waals surface area contributed by atoms with Crippen LogP contribution in [0.1, 0.15) is 27.8 Å². The first-order chi connectivity index (χ1) is 12.1. The summed E-state index contributed by atoms with van der Waals surface area (Å²) in [6, 6.07) is 25.1. The minimum Gasteiger partial charge on any atom is -1.00 e.